The minimum absolute atomic E-state index is 0.00389. The van der Waals surface area contributed by atoms with Crippen LogP contribution < -0.4 is 16.4 Å². The van der Waals surface area contributed by atoms with Crippen LogP contribution in [0.5, 0.6) is 0 Å². The van der Waals surface area contributed by atoms with E-state index in [0.717, 1.165) is 64.2 Å². The summed E-state index contributed by atoms with van der Waals surface area (Å²) >= 11 is 1.56. The summed E-state index contributed by atoms with van der Waals surface area (Å²) in [5.41, 5.74) is 13.0. The highest BCUT2D eigenvalue weighted by atomic mass is 32.2. The molecule has 0 radical (unpaired) electrons. The molecule has 276 valence electrons. The van der Waals surface area contributed by atoms with Crippen molar-refractivity contribution in [3.8, 4) is 11.1 Å². The standard InChI is InChI=1S/C41H46N6O5S/c42-35-10-5-6-11-36(35)46-39(50)13-4-2-1-3-12-38(49)43-24-29-8-7-9-33(22-29)30-18-20-32(21-19-30)40-51-34(26-53-41-44-27-45-47-41)23-37(52-40)31-16-14-28(25-48)15-17-31/h5-11,14-22,27,34,37,40,48H,1-4,12-13,23-26,42H2,(H,43,49)(H,46,50)(H,44,45,47)/t34-,37+,40+/m1/s1. The fourth-order valence-electron chi connectivity index (χ4n) is 6.19. The molecule has 0 saturated carbocycles. The Morgan fingerprint density at radius 3 is 2.32 bits per heavy atom. The number of anilines is 2. The average molecular weight is 735 g/mol. The Hall–Kier alpha value is -5.01. The number of H-pyrrole nitrogens is 1. The van der Waals surface area contributed by atoms with Gasteiger partial charge in [-0.25, -0.2) is 4.98 Å². The van der Waals surface area contributed by atoms with E-state index in [1.807, 2.05) is 60.7 Å². The van der Waals surface area contributed by atoms with Gasteiger partial charge in [-0.3, -0.25) is 14.7 Å². The number of nitrogens with two attached hydrogens (primary N) is 1. The number of amides is 2. The molecule has 1 aromatic heterocycles. The number of hydrogen-bond donors (Lipinski definition) is 5. The molecule has 0 spiro atoms. The quantitative estimate of drug-likeness (QED) is 0.0370. The van der Waals surface area contributed by atoms with Gasteiger partial charge in [-0.2, -0.15) is 5.10 Å². The molecule has 0 bridgehead atoms. The zero-order valence-electron chi connectivity index (χ0n) is 29.6. The Labute approximate surface area is 314 Å². The van der Waals surface area contributed by atoms with Crippen molar-refractivity contribution in [2.75, 3.05) is 16.8 Å². The lowest BCUT2D eigenvalue weighted by Crippen LogP contribution is -2.31. The van der Waals surface area contributed by atoms with Gasteiger partial charge in [0.1, 0.15) is 6.33 Å². The average Bonchev–Trinajstić information content (AvgIpc) is 3.73. The van der Waals surface area contributed by atoms with Crippen molar-refractivity contribution in [2.45, 2.75) is 81.8 Å². The van der Waals surface area contributed by atoms with Gasteiger partial charge in [0.2, 0.25) is 11.8 Å². The second-order valence-electron chi connectivity index (χ2n) is 13.1. The molecule has 6 N–H and O–H groups in total. The number of aromatic amines is 1. The molecule has 6 rings (SSSR count). The molecule has 1 aliphatic heterocycles. The van der Waals surface area contributed by atoms with Gasteiger partial charge in [-0.1, -0.05) is 103 Å². The Balaban J connectivity index is 0.968. The van der Waals surface area contributed by atoms with Crippen molar-refractivity contribution in [1.29, 1.82) is 0 Å². The van der Waals surface area contributed by atoms with Crippen molar-refractivity contribution in [1.82, 2.24) is 20.5 Å². The van der Waals surface area contributed by atoms with Crippen LogP contribution in [-0.2, 0) is 32.2 Å². The van der Waals surface area contributed by atoms with E-state index in [1.54, 1.807) is 23.9 Å². The number of nitrogens with one attached hydrogen (secondary N) is 3. The normalized spacial score (nSPS) is 17.0. The number of aliphatic hydroxyl groups is 1. The molecule has 12 heteroatoms. The summed E-state index contributed by atoms with van der Waals surface area (Å²) in [6.07, 6.45) is 5.55. The third kappa shape index (κ3) is 11.2. The molecule has 4 aromatic carbocycles. The van der Waals surface area contributed by atoms with Crippen molar-refractivity contribution in [3.63, 3.8) is 0 Å². The Morgan fingerprint density at radius 1 is 0.830 bits per heavy atom. The third-order valence-electron chi connectivity index (χ3n) is 9.14. The molecule has 3 atom stereocenters. The molecular formula is C41H46N6O5S. The second-order valence-corrected chi connectivity index (χ2v) is 14.1. The first-order chi connectivity index (χ1) is 25.9. The number of hydrogen-bond acceptors (Lipinski definition) is 9. The molecule has 1 saturated heterocycles. The number of nitrogens with zero attached hydrogens (tertiary/aromatic N) is 2. The molecule has 1 aliphatic rings. The monoisotopic (exact) mass is 734 g/mol. The fourth-order valence-corrected chi connectivity index (χ4v) is 6.99. The fraction of sp³-hybridized carbons (Fsp3) is 0.317. The van der Waals surface area contributed by atoms with Gasteiger partial charge in [0, 0.05) is 37.1 Å². The lowest BCUT2D eigenvalue weighted by molar-refractivity contribution is -0.245. The lowest BCUT2D eigenvalue weighted by Gasteiger charge is -2.36. The van der Waals surface area contributed by atoms with E-state index in [1.165, 1.54) is 6.33 Å². The zero-order valence-corrected chi connectivity index (χ0v) is 30.4. The van der Waals surface area contributed by atoms with Crippen molar-refractivity contribution >= 4 is 35.0 Å². The minimum Gasteiger partial charge on any atom is -0.397 e. The van der Waals surface area contributed by atoms with Crippen molar-refractivity contribution < 1.29 is 24.2 Å². The largest absolute Gasteiger partial charge is 0.397 e. The number of ether oxygens (including phenoxy) is 2. The van der Waals surface area contributed by atoms with Crippen LogP contribution in [0.2, 0.25) is 0 Å². The van der Waals surface area contributed by atoms with E-state index in [0.29, 0.717) is 42.9 Å². The van der Waals surface area contributed by atoms with Crippen molar-refractivity contribution in [2.24, 2.45) is 0 Å². The Bertz CT molecular complexity index is 1910. The summed E-state index contributed by atoms with van der Waals surface area (Å²) in [5.74, 6) is 0.656. The topological polar surface area (TPSA) is 164 Å². The summed E-state index contributed by atoms with van der Waals surface area (Å²) in [4.78, 5) is 29.0. The van der Waals surface area contributed by atoms with Gasteiger partial charge in [0.25, 0.3) is 0 Å². The first-order valence-electron chi connectivity index (χ1n) is 18.0. The number of benzene rings is 4. The second kappa shape index (κ2) is 19.2. The van der Waals surface area contributed by atoms with E-state index >= 15 is 0 Å². The summed E-state index contributed by atoms with van der Waals surface area (Å²) < 4.78 is 13.0. The van der Waals surface area contributed by atoms with Crippen LogP contribution in [0.25, 0.3) is 11.1 Å². The third-order valence-corrected chi connectivity index (χ3v) is 10.1. The molecule has 2 amide bonds. The molecule has 2 heterocycles. The highest BCUT2D eigenvalue weighted by Crippen LogP contribution is 2.39. The molecule has 5 aromatic rings. The summed E-state index contributed by atoms with van der Waals surface area (Å²) in [6, 6.07) is 31.5. The van der Waals surface area contributed by atoms with Crippen LogP contribution in [0, 0.1) is 0 Å². The molecule has 0 aliphatic carbocycles. The maximum Gasteiger partial charge on any atom is 0.224 e. The summed E-state index contributed by atoms with van der Waals surface area (Å²) in [6.45, 7) is 0.446. The molecule has 53 heavy (non-hydrogen) atoms. The summed E-state index contributed by atoms with van der Waals surface area (Å²) in [5, 5.41) is 23.0. The molecule has 11 nitrogen and oxygen atoms in total. The number of rotatable bonds is 17. The van der Waals surface area contributed by atoms with Gasteiger partial charge >= 0.3 is 0 Å². The number of thioether (sulfide) groups is 1. The first kappa shape index (κ1) is 37.7. The highest BCUT2D eigenvalue weighted by molar-refractivity contribution is 7.99. The lowest BCUT2D eigenvalue weighted by atomic mass is 9.99. The van der Waals surface area contributed by atoms with Gasteiger partial charge in [-0.05, 0) is 58.9 Å². The van der Waals surface area contributed by atoms with Gasteiger partial charge < -0.3 is 30.9 Å². The molecule has 0 unspecified atom stereocenters. The number of para-hydroxylation sites is 2. The maximum atomic E-state index is 12.6. The van der Waals surface area contributed by atoms with Crippen LogP contribution in [0.1, 0.15) is 79.6 Å². The van der Waals surface area contributed by atoms with Crippen LogP contribution in [0.4, 0.5) is 11.4 Å². The van der Waals surface area contributed by atoms with Crippen LogP contribution in [-0.4, -0.2) is 44.0 Å². The number of unbranched alkanes of at least 4 members (excludes halogenated alkanes) is 3. The number of aliphatic hydroxyl groups excluding tert-OH is 1. The molecular weight excluding hydrogens is 689 g/mol. The van der Waals surface area contributed by atoms with Crippen LogP contribution >= 0.6 is 11.8 Å². The predicted molar refractivity (Wildman–Crippen MR) is 206 cm³/mol. The van der Waals surface area contributed by atoms with E-state index in [4.69, 9.17) is 15.2 Å². The van der Waals surface area contributed by atoms with Crippen molar-refractivity contribution in [3.05, 3.63) is 126 Å². The van der Waals surface area contributed by atoms with Gasteiger partial charge in [0.15, 0.2) is 11.4 Å². The smallest absolute Gasteiger partial charge is 0.224 e. The summed E-state index contributed by atoms with van der Waals surface area (Å²) in [7, 11) is 0. The highest BCUT2D eigenvalue weighted by Gasteiger charge is 2.32. The van der Waals surface area contributed by atoms with Gasteiger partial charge in [-0.15, -0.1) is 0 Å². The predicted octanol–water partition coefficient (Wildman–Crippen LogP) is 7.48. The van der Waals surface area contributed by atoms with Gasteiger partial charge in [0.05, 0.1) is 30.2 Å². The van der Waals surface area contributed by atoms with E-state index in [2.05, 4.69) is 50.1 Å². The number of carbonyl (C=O) groups is 2. The van der Waals surface area contributed by atoms with Crippen LogP contribution in [0.15, 0.2) is 109 Å². The number of aromatic nitrogens is 3. The van der Waals surface area contributed by atoms with E-state index in [9.17, 15) is 14.7 Å². The maximum absolute atomic E-state index is 12.6. The molecule has 1 fully saturated rings. The van der Waals surface area contributed by atoms with Crippen LogP contribution in [0.3, 0.4) is 0 Å². The number of nitrogen functional groups attached to an aromatic ring is 1. The SMILES string of the molecule is Nc1ccccc1NC(=O)CCCCCCC(=O)NCc1cccc(-c2ccc([C@H]3O[C@@H](CSc4ncn[nH]4)C[C@@H](c4ccc(CO)cc4)O3)cc2)c1. The zero-order chi connectivity index (χ0) is 36.8. The van der Waals surface area contributed by atoms with E-state index in [-0.39, 0.29) is 30.6 Å². The Kier molecular flexibility index (Phi) is 13.7. The van der Waals surface area contributed by atoms with E-state index < -0.39 is 6.29 Å². The first-order valence-corrected chi connectivity index (χ1v) is 19.0. The Morgan fingerprint density at radius 2 is 1.58 bits per heavy atom. The number of carbonyl (C=O) groups excluding carboxylic acids is 2. The minimum atomic E-state index is -0.554.